The molecule has 1 fully saturated rings. The number of benzene rings is 1. The Kier molecular flexibility index (Phi) is 6.47. The highest BCUT2D eigenvalue weighted by Gasteiger charge is 2.24. The minimum Gasteiger partial charge on any atom is -0.365 e. The maximum Gasteiger partial charge on any atom is 0.317 e. The second kappa shape index (κ2) is 9.09. The van der Waals surface area contributed by atoms with E-state index < -0.39 is 0 Å². The highest BCUT2D eigenvalue weighted by molar-refractivity contribution is 14.1. The number of urea groups is 1. The van der Waals surface area contributed by atoms with Gasteiger partial charge in [-0.15, -0.1) is 0 Å². The molecule has 1 atom stereocenters. The van der Waals surface area contributed by atoms with Crippen LogP contribution in [-0.4, -0.2) is 46.6 Å². The Balaban J connectivity index is 1.71. The Bertz CT molecular complexity index is 1170. The number of anilines is 1. The molecule has 7 nitrogen and oxygen atoms in total. The smallest absolute Gasteiger partial charge is 0.317 e. The topological polar surface area (TPSA) is 90.1 Å². The quantitative estimate of drug-likeness (QED) is 0.313. The third kappa shape index (κ3) is 4.27. The molecule has 0 radical (unpaired) electrons. The number of hydrogen-bond acceptors (Lipinski definition) is 4. The van der Waals surface area contributed by atoms with Crippen LogP contribution >= 0.6 is 38.5 Å². The van der Waals surface area contributed by atoms with E-state index >= 15 is 0 Å². The minimum absolute atomic E-state index is 0.00954. The lowest BCUT2D eigenvalue weighted by molar-refractivity contribution is 0.182. The van der Waals surface area contributed by atoms with E-state index in [1.54, 1.807) is 6.20 Å². The zero-order valence-corrected chi connectivity index (χ0v) is 20.3. The highest BCUT2D eigenvalue weighted by Crippen LogP contribution is 2.32. The largest absolute Gasteiger partial charge is 0.365 e. The lowest BCUT2D eigenvalue weighted by Crippen LogP contribution is -2.49. The first-order valence-corrected chi connectivity index (χ1v) is 11.9. The van der Waals surface area contributed by atoms with Crippen LogP contribution in [0, 0.1) is 3.57 Å². The summed E-state index contributed by atoms with van der Waals surface area (Å²) >= 11 is 5.72. The van der Waals surface area contributed by atoms with Gasteiger partial charge in [0.25, 0.3) is 5.56 Å². The molecule has 3 N–H and O–H groups in total. The molecule has 2 amide bonds. The van der Waals surface area contributed by atoms with E-state index in [9.17, 15) is 9.59 Å². The van der Waals surface area contributed by atoms with E-state index in [4.69, 9.17) is 4.98 Å². The van der Waals surface area contributed by atoms with Gasteiger partial charge in [0, 0.05) is 47.1 Å². The Morgan fingerprint density at radius 3 is 3.03 bits per heavy atom. The van der Waals surface area contributed by atoms with Crippen LogP contribution in [0.5, 0.6) is 0 Å². The van der Waals surface area contributed by atoms with Crippen molar-refractivity contribution in [3.05, 3.63) is 42.8 Å². The monoisotopic (exact) mass is 583 g/mol. The molecular formula is C21H23BrIN5O2. The first-order chi connectivity index (χ1) is 14.5. The predicted octanol–water partition coefficient (Wildman–Crippen LogP) is 4.44. The van der Waals surface area contributed by atoms with Gasteiger partial charge in [-0.2, -0.15) is 0 Å². The van der Waals surface area contributed by atoms with E-state index in [0.29, 0.717) is 24.0 Å². The summed E-state index contributed by atoms with van der Waals surface area (Å²) < 4.78 is 1.79. The standard InChI is InChI=1S/C21H23BrIN5O2/c1-2-7-24-21(30)28-8-3-4-13(11-28)26-19-14-6-5-12(22)9-15(14)17-18(27-19)16(23)10-25-20(17)29/h5-6,9-10,13H,2-4,7-8,11H2,1H3,(H,24,30)(H,25,29)(H,26,27)/t13-/m0/s1. The fraction of sp³-hybridized carbons (Fsp3) is 0.381. The Hall–Kier alpha value is -1.88. The number of aromatic nitrogens is 2. The van der Waals surface area contributed by atoms with Crippen molar-refractivity contribution in [1.29, 1.82) is 0 Å². The number of amides is 2. The van der Waals surface area contributed by atoms with Crippen LogP contribution in [0.4, 0.5) is 10.6 Å². The summed E-state index contributed by atoms with van der Waals surface area (Å²) in [7, 11) is 0. The SMILES string of the molecule is CCCNC(=O)N1CCC[C@H](Nc2nc3c(I)c[nH]c(=O)c3c3cc(Br)ccc23)C1. The minimum atomic E-state index is -0.149. The molecule has 0 aliphatic carbocycles. The van der Waals surface area contributed by atoms with E-state index in [0.717, 1.165) is 50.4 Å². The highest BCUT2D eigenvalue weighted by atomic mass is 127. The number of piperidine rings is 1. The summed E-state index contributed by atoms with van der Waals surface area (Å²) in [5.74, 6) is 0.745. The van der Waals surface area contributed by atoms with Crippen molar-refractivity contribution in [2.45, 2.75) is 32.2 Å². The fourth-order valence-corrected chi connectivity index (χ4v) is 4.79. The third-order valence-corrected chi connectivity index (χ3v) is 6.64. The Morgan fingerprint density at radius 2 is 2.23 bits per heavy atom. The summed E-state index contributed by atoms with van der Waals surface area (Å²) in [5, 5.41) is 8.86. The fourth-order valence-electron chi connectivity index (χ4n) is 3.88. The molecule has 158 valence electrons. The molecule has 1 aliphatic heterocycles. The second-order valence-corrected chi connectivity index (χ2v) is 9.58. The summed E-state index contributed by atoms with van der Waals surface area (Å²) in [5.41, 5.74) is 0.532. The zero-order valence-electron chi connectivity index (χ0n) is 16.6. The summed E-state index contributed by atoms with van der Waals surface area (Å²) in [4.78, 5) is 34.5. The summed E-state index contributed by atoms with van der Waals surface area (Å²) in [6.45, 7) is 4.12. The van der Waals surface area contributed by atoms with Gasteiger partial charge in [-0.05, 0) is 60.1 Å². The van der Waals surface area contributed by atoms with Crippen LogP contribution in [0.1, 0.15) is 26.2 Å². The van der Waals surface area contributed by atoms with Crippen molar-refractivity contribution in [2.75, 3.05) is 25.0 Å². The average molecular weight is 584 g/mol. The number of pyridine rings is 2. The van der Waals surface area contributed by atoms with E-state index in [1.807, 2.05) is 30.0 Å². The molecule has 1 aliphatic rings. The van der Waals surface area contributed by atoms with Gasteiger partial charge in [0.05, 0.1) is 14.5 Å². The summed E-state index contributed by atoms with van der Waals surface area (Å²) in [6.07, 6.45) is 4.50. The molecule has 0 unspecified atom stereocenters. The molecule has 4 rings (SSSR count). The second-order valence-electron chi connectivity index (χ2n) is 7.50. The molecule has 1 saturated heterocycles. The molecule has 0 spiro atoms. The molecule has 3 aromatic rings. The van der Waals surface area contributed by atoms with Gasteiger partial charge in [-0.1, -0.05) is 22.9 Å². The van der Waals surface area contributed by atoms with Crippen molar-refractivity contribution >= 4 is 72.0 Å². The van der Waals surface area contributed by atoms with Gasteiger partial charge in [-0.25, -0.2) is 9.78 Å². The van der Waals surface area contributed by atoms with Crippen LogP contribution in [0.2, 0.25) is 0 Å². The van der Waals surface area contributed by atoms with E-state index in [1.165, 1.54) is 0 Å². The van der Waals surface area contributed by atoms with Crippen molar-refractivity contribution in [2.24, 2.45) is 0 Å². The molecule has 30 heavy (non-hydrogen) atoms. The van der Waals surface area contributed by atoms with Gasteiger partial charge in [-0.3, -0.25) is 4.79 Å². The van der Waals surface area contributed by atoms with Crippen molar-refractivity contribution in [3.63, 3.8) is 0 Å². The van der Waals surface area contributed by atoms with Crippen molar-refractivity contribution in [3.8, 4) is 0 Å². The predicted molar refractivity (Wildman–Crippen MR) is 132 cm³/mol. The number of likely N-dealkylation sites (tertiary alicyclic amines) is 1. The number of aromatic amines is 1. The van der Waals surface area contributed by atoms with Gasteiger partial charge in [0.15, 0.2) is 0 Å². The molecule has 2 aromatic heterocycles. The Morgan fingerprint density at radius 1 is 1.40 bits per heavy atom. The number of hydrogen-bond donors (Lipinski definition) is 3. The zero-order chi connectivity index (χ0) is 21.3. The first kappa shape index (κ1) is 21.4. The van der Waals surface area contributed by atoms with Gasteiger partial charge in [0.1, 0.15) is 5.82 Å². The third-order valence-electron chi connectivity index (χ3n) is 5.33. The number of carbonyl (C=O) groups is 1. The molecule has 0 bridgehead atoms. The molecule has 9 heteroatoms. The van der Waals surface area contributed by atoms with Crippen LogP contribution in [0.3, 0.4) is 0 Å². The first-order valence-electron chi connectivity index (χ1n) is 10.1. The lowest BCUT2D eigenvalue weighted by atomic mass is 10.0. The number of H-pyrrole nitrogens is 1. The number of fused-ring (bicyclic) bond motifs is 3. The van der Waals surface area contributed by atoms with Crippen LogP contribution in [0.25, 0.3) is 21.7 Å². The average Bonchev–Trinajstić information content (AvgIpc) is 2.74. The Labute approximate surface area is 196 Å². The van der Waals surface area contributed by atoms with Crippen LogP contribution in [-0.2, 0) is 0 Å². The van der Waals surface area contributed by atoms with E-state index in [2.05, 4.69) is 54.1 Å². The van der Waals surface area contributed by atoms with Crippen molar-refractivity contribution in [1.82, 2.24) is 20.2 Å². The number of nitrogens with one attached hydrogen (secondary N) is 3. The number of carbonyl (C=O) groups excluding carboxylic acids is 1. The molecular weight excluding hydrogens is 561 g/mol. The van der Waals surface area contributed by atoms with Crippen LogP contribution < -0.4 is 16.2 Å². The number of nitrogens with zero attached hydrogens (tertiary/aromatic N) is 2. The molecule has 0 saturated carbocycles. The number of halogens is 2. The van der Waals surface area contributed by atoms with Gasteiger partial charge < -0.3 is 20.5 Å². The van der Waals surface area contributed by atoms with Crippen LogP contribution in [0.15, 0.2) is 33.7 Å². The van der Waals surface area contributed by atoms with E-state index in [-0.39, 0.29) is 17.6 Å². The normalized spacial score (nSPS) is 16.8. The number of rotatable bonds is 4. The maximum absolute atomic E-state index is 12.6. The lowest BCUT2D eigenvalue weighted by Gasteiger charge is -2.33. The van der Waals surface area contributed by atoms with Crippen molar-refractivity contribution < 1.29 is 4.79 Å². The molecule has 1 aromatic carbocycles. The van der Waals surface area contributed by atoms with Gasteiger partial charge >= 0.3 is 6.03 Å². The molecule has 3 heterocycles. The van der Waals surface area contributed by atoms with Gasteiger partial charge in [0.2, 0.25) is 0 Å². The summed E-state index contributed by atoms with van der Waals surface area (Å²) in [6, 6.07) is 5.98. The maximum atomic E-state index is 12.6.